The molecule has 8 heteroatoms. The molecule has 1 aromatic carbocycles. The number of alkyl carbamates (subject to hydrolysis) is 1. The van der Waals surface area contributed by atoms with Gasteiger partial charge in [0.25, 0.3) is 0 Å². The predicted octanol–water partition coefficient (Wildman–Crippen LogP) is 4.93. The molecule has 1 saturated heterocycles. The zero-order valence-electron chi connectivity index (χ0n) is 20.6. The molecule has 2 aromatic rings. The third-order valence-electron chi connectivity index (χ3n) is 5.98. The second-order valence-electron chi connectivity index (χ2n) is 10.4. The van der Waals surface area contributed by atoms with Gasteiger partial charge in [0.05, 0.1) is 16.1 Å². The van der Waals surface area contributed by atoms with Gasteiger partial charge in [-0.15, -0.1) is 11.3 Å². The van der Waals surface area contributed by atoms with Crippen molar-refractivity contribution in [3.63, 3.8) is 0 Å². The lowest BCUT2D eigenvalue weighted by Gasteiger charge is -2.32. The zero-order chi connectivity index (χ0) is 24.4. The summed E-state index contributed by atoms with van der Waals surface area (Å²) in [5.41, 5.74) is -0.456. The van der Waals surface area contributed by atoms with Crippen LogP contribution >= 0.6 is 11.3 Å². The lowest BCUT2D eigenvalue weighted by Crippen LogP contribution is -2.41. The van der Waals surface area contributed by atoms with Crippen molar-refractivity contribution >= 4 is 35.1 Å². The van der Waals surface area contributed by atoms with E-state index in [0.717, 1.165) is 10.3 Å². The summed E-state index contributed by atoms with van der Waals surface area (Å²) >= 11 is 1.40. The Morgan fingerprint density at radius 3 is 2.21 bits per heavy atom. The fourth-order valence-electron chi connectivity index (χ4n) is 3.47. The predicted molar refractivity (Wildman–Crippen MR) is 132 cm³/mol. The average Bonchev–Trinajstić information content (AvgIpc) is 3.27. The summed E-state index contributed by atoms with van der Waals surface area (Å²) in [6, 6.07) is 13.5. The second-order valence-corrected chi connectivity index (χ2v) is 11.5. The van der Waals surface area contributed by atoms with Crippen LogP contribution < -0.4 is 10.1 Å². The van der Waals surface area contributed by atoms with Crippen LogP contribution in [-0.4, -0.2) is 42.3 Å². The van der Waals surface area contributed by atoms with E-state index in [4.69, 9.17) is 14.0 Å². The number of carbonyl (C=O) groups excluding carboxylic acids is 2. The van der Waals surface area contributed by atoms with E-state index < -0.39 is 30.0 Å². The molecule has 1 fully saturated rings. The van der Waals surface area contributed by atoms with Gasteiger partial charge in [0, 0.05) is 23.7 Å². The molecule has 1 amide bonds. The summed E-state index contributed by atoms with van der Waals surface area (Å²) in [5.74, 6) is -0.156. The molecule has 3 rings (SSSR count). The Morgan fingerprint density at radius 1 is 1.03 bits per heavy atom. The van der Waals surface area contributed by atoms with E-state index in [1.165, 1.54) is 11.3 Å². The highest BCUT2D eigenvalue weighted by Gasteiger charge is 2.52. The number of carbonyl (C=O) groups is 2. The number of thiophene rings is 1. The van der Waals surface area contributed by atoms with Gasteiger partial charge in [0.15, 0.2) is 5.78 Å². The molecule has 6 nitrogen and oxygen atoms in total. The molecular formula is C25H34BNO5S. The maximum Gasteiger partial charge on any atom is 0.505 e. The van der Waals surface area contributed by atoms with Crippen LogP contribution in [0, 0.1) is 0 Å². The Balaban J connectivity index is 1.69. The van der Waals surface area contributed by atoms with Crippen molar-refractivity contribution in [2.45, 2.75) is 77.6 Å². The molecule has 1 aliphatic rings. The fourth-order valence-corrected chi connectivity index (χ4v) is 4.38. The fraction of sp³-hybridized carbons (Fsp3) is 0.520. The van der Waals surface area contributed by atoms with Crippen LogP contribution in [0.5, 0.6) is 0 Å². The standard InChI is InChI=1S/C25H34BNO5S/c1-23(2,3)30-22(29)27-16-18(17-11-9-8-10-12-17)15-19(28)20-13-14-21(33-20)26-31-24(4,5)25(6,7)32-26/h8-14,18H,15-16H2,1-7H3,(H,27,29). The third kappa shape index (κ3) is 6.46. The number of hydrogen-bond donors (Lipinski definition) is 1. The molecule has 0 saturated carbocycles. The molecule has 2 heterocycles. The van der Waals surface area contributed by atoms with Crippen molar-refractivity contribution in [3.05, 3.63) is 52.9 Å². The highest BCUT2D eigenvalue weighted by atomic mass is 32.1. The first-order valence-electron chi connectivity index (χ1n) is 11.3. The highest BCUT2D eigenvalue weighted by Crippen LogP contribution is 2.37. The second kappa shape index (κ2) is 9.61. The van der Waals surface area contributed by atoms with E-state index in [9.17, 15) is 9.59 Å². The number of nitrogens with one attached hydrogen (secondary N) is 1. The third-order valence-corrected chi connectivity index (χ3v) is 7.13. The van der Waals surface area contributed by atoms with Crippen LogP contribution in [0.25, 0.3) is 0 Å². The zero-order valence-corrected chi connectivity index (χ0v) is 21.4. The molecule has 0 bridgehead atoms. The molecule has 33 heavy (non-hydrogen) atoms. The van der Waals surface area contributed by atoms with Crippen molar-refractivity contribution in [1.82, 2.24) is 5.32 Å². The first-order valence-corrected chi connectivity index (χ1v) is 12.1. The first kappa shape index (κ1) is 25.5. The number of ketones is 1. The maximum absolute atomic E-state index is 13.2. The van der Waals surface area contributed by atoms with E-state index >= 15 is 0 Å². The SMILES string of the molecule is CC(C)(C)OC(=O)NCC(CC(=O)c1ccc(B2OC(C)(C)C(C)(C)O2)s1)c1ccccc1. The summed E-state index contributed by atoms with van der Waals surface area (Å²) < 4.78 is 18.4. The molecule has 1 unspecified atom stereocenters. The Bertz CT molecular complexity index is 964. The molecule has 1 aliphatic heterocycles. The smallest absolute Gasteiger partial charge is 0.444 e. The Kier molecular flexibility index (Phi) is 7.41. The monoisotopic (exact) mass is 471 g/mol. The van der Waals surface area contributed by atoms with Crippen molar-refractivity contribution in [3.8, 4) is 0 Å². The topological polar surface area (TPSA) is 73.9 Å². The Labute approximate surface area is 201 Å². The molecule has 0 spiro atoms. The molecule has 1 N–H and O–H groups in total. The maximum atomic E-state index is 13.2. The minimum absolute atomic E-state index is 0.0163. The Hall–Kier alpha value is -2.16. The number of hydrogen-bond acceptors (Lipinski definition) is 6. The quantitative estimate of drug-likeness (QED) is 0.458. The van der Waals surface area contributed by atoms with E-state index in [-0.39, 0.29) is 18.1 Å². The van der Waals surface area contributed by atoms with Crippen LogP contribution in [0.3, 0.4) is 0 Å². The van der Waals surface area contributed by atoms with E-state index in [1.54, 1.807) is 0 Å². The van der Waals surface area contributed by atoms with Gasteiger partial charge in [-0.3, -0.25) is 4.79 Å². The van der Waals surface area contributed by atoms with Crippen molar-refractivity contribution < 1.29 is 23.6 Å². The first-order chi connectivity index (χ1) is 15.3. The average molecular weight is 471 g/mol. The van der Waals surface area contributed by atoms with Gasteiger partial charge in [-0.05, 0) is 60.1 Å². The minimum atomic E-state index is -0.580. The van der Waals surface area contributed by atoms with E-state index in [1.807, 2.05) is 90.9 Å². The van der Waals surface area contributed by atoms with Gasteiger partial charge >= 0.3 is 13.2 Å². The van der Waals surface area contributed by atoms with Gasteiger partial charge in [-0.25, -0.2) is 4.79 Å². The number of Topliss-reactive ketones (excluding diaryl/α,β-unsaturated/α-hetero) is 1. The van der Waals surface area contributed by atoms with Crippen molar-refractivity contribution in [1.29, 1.82) is 0 Å². The minimum Gasteiger partial charge on any atom is -0.444 e. The van der Waals surface area contributed by atoms with E-state index in [2.05, 4.69) is 5.32 Å². The summed E-state index contributed by atoms with van der Waals surface area (Å²) in [6.07, 6.45) is -0.224. The van der Waals surface area contributed by atoms with Gasteiger partial charge in [-0.2, -0.15) is 0 Å². The molecule has 1 atom stereocenters. The Morgan fingerprint density at radius 2 is 1.64 bits per heavy atom. The summed E-state index contributed by atoms with van der Waals surface area (Å²) in [5, 5.41) is 2.81. The van der Waals surface area contributed by atoms with Crippen molar-refractivity contribution in [2.75, 3.05) is 6.54 Å². The number of ether oxygens (including phenoxy) is 1. The number of benzene rings is 1. The molecule has 1 aromatic heterocycles. The number of rotatable bonds is 7. The van der Waals surface area contributed by atoms with Crippen molar-refractivity contribution in [2.24, 2.45) is 0 Å². The normalized spacial score (nSPS) is 18.1. The van der Waals surface area contributed by atoms with Crippen LogP contribution in [0.4, 0.5) is 4.79 Å². The van der Waals surface area contributed by atoms with Gasteiger partial charge in [-0.1, -0.05) is 36.4 Å². The van der Waals surface area contributed by atoms with Gasteiger partial charge in [0.1, 0.15) is 5.60 Å². The largest absolute Gasteiger partial charge is 0.505 e. The highest BCUT2D eigenvalue weighted by molar-refractivity contribution is 7.23. The van der Waals surface area contributed by atoms with Gasteiger partial charge < -0.3 is 19.4 Å². The molecule has 0 aliphatic carbocycles. The molecule has 0 radical (unpaired) electrons. The van der Waals surface area contributed by atoms with Crippen LogP contribution in [0.1, 0.15) is 76.0 Å². The summed E-state index contributed by atoms with van der Waals surface area (Å²) in [6.45, 7) is 13.8. The summed E-state index contributed by atoms with van der Waals surface area (Å²) in [4.78, 5) is 26.0. The van der Waals surface area contributed by atoms with Gasteiger partial charge in [0.2, 0.25) is 0 Å². The van der Waals surface area contributed by atoms with Crippen LogP contribution in [0.15, 0.2) is 42.5 Å². The summed E-state index contributed by atoms with van der Waals surface area (Å²) in [7, 11) is -0.486. The molecular weight excluding hydrogens is 437 g/mol. The van der Waals surface area contributed by atoms with Crippen LogP contribution in [-0.2, 0) is 14.0 Å². The van der Waals surface area contributed by atoms with E-state index in [0.29, 0.717) is 11.4 Å². The molecule has 178 valence electrons. The lowest BCUT2D eigenvalue weighted by molar-refractivity contribution is 0.00578. The lowest BCUT2D eigenvalue weighted by atomic mass is 9.88. The number of amides is 1. The van der Waals surface area contributed by atoms with Crippen LogP contribution in [0.2, 0.25) is 0 Å².